The second-order valence-electron chi connectivity index (χ2n) is 7.92. The molecule has 4 aromatic rings. The molecule has 4 rings (SSSR count). The second-order valence-corrected chi connectivity index (χ2v) is 9.68. The maximum atomic E-state index is 5.47. The average Bonchev–Trinajstić information content (AvgIpc) is 2.93. The van der Waals surface area contributed by atoms with Gasteiger partial charge >= 0.3 is 0 Å². The molecule has 0 amide bonds. The van der Waals surface area contributed by atoms with Gasteiger partial charge in [-0.3, -0.25) is 0 Å². The summed E-state index contributed by atoms with van der Waals surface area (Å²) in [6.45, 7) is 0. The largest absolute Gasteiger partial charge is 0.778 e. The number of hydrogen-bond acceptors (Lipinski definition) is 16. The number of nitrogen functional groups attached to an aromatic ring is 12. The van der Waals surface area contributed by atoms with E-state index in [0.717, 1.165) is 0 Å². The normalized spacial score (nSPS) is 9.37. The van der Waals surface area contributed by atoms with E-state index in [9.17, 15) is 0 Å². The first-order valence-electron chi connectivity index (χ1n) is 10.9. The Labute approximate surface area is 274 Å². The predicted molar refractivity (Wildman–Crippen MR) is 181 cm³/mol. The molecule has 24 N–H and O–H groups in total. The summed E-state index contributed by atoms with van der Waals surface area (Å²) in [5, 5.41) is 0. The zero-order chi connectivity index (χ0) is 30.9. The van der Waals surface area contributed by atoms with Crippen molar-refractivity contribution in [2.24, 2.45) is 0 Å². The van der Waals surface area contributed by atoms with Gasteiger partial charge < -0.3 is 119 Å². The van der Waals surface area contributed by atoms with Gasteiger partial charge in [0.2, 0.25) is 0 Å². The molecule has 223 valence electrons. The summed E-state index contributed by atoms with van der Waals surface area (Å²) in [4.78, 5) is 2.19. The van der Waals surface area contributed by atoms with Gasteiger partial charge in [-0.1, -0.05) is 24.3 Å². The van der Waals surface area contributed by atoms with Crippen LogP contribution < -0.4 is 68.8 Å². The van der Waals surface area contributed by atoms with Gasteiger partial charge in [0.1, 0.15) is 0 Å². The van der Waals surface area contributed by atoms with E-state index in [1.807, 2.05) is 0 Å². The third kappa shape index (κ3) is 10.2. The van der Waals surface area contributed by atoms with Crippen molar-refractivity contribution in [3.63, 3.8) is 0 Å². The predicted octanol–water partition coefficient (Wildman–Crippen LogP) is 1.35. The molecular weight excluding hydrogens is 771 g/mol. The minimum absolute atomic E-state index is 0. The third-order valence-electron chi connectivity index (χ3n) is 5.12. The van der Waals surface area contributed by atoms with E-state index in [4.69, 9.17) is 119 Å². The van der Waals surface area contributed by atoms with E-state index < -0.39 is 0 Å². The molecule has 0 aromatic heterocycles. The van der Waals surface area contributed by atoms with E-state index in [2.05, 4.69) is 0 Å². The molecule has 17 heteroatoms. The molecule has 0 aliphatic carbocycles. The molecule has 0 aliphatic heterocycles. The van der Waals surface area contributed by atoms with Crippen LogP contribution in [0.15, 0.2) is 68.1 Å². The summed E-state index contributed by atoms with van der Waals surface area (Å²) in [5.74, 6) is 0. The van der Waals surface area contributed by atoms with Crippen molar-refractivity contribution in [3.05, 3.63) is 48.5 Å². The summed E-state index contributed by atoms with van der Waals surface area (Å²) >= 11 is 19.4. The van der Waals surface area contributed by atoms with Gasteiger partial charge in [-0.15, -0.1) is 19.6 Å². The molecule has 1 radical (unpaired) electrons. The third-order valence-corrected chi connectivity index (χ3v) is 6.55. The monoisotopic (exact) mass is 803 g/mol. The van der Waals surface area contributed by atoms with Crippen LogP contribution >= 0.6 is 0 Å². The Morgan fingerprint density at radius 2 is 0.415 bits per heavy atom. The Kier molecular flexibility index (Phi) is 14.7. The van der Waals surface area contributed by atoms with Crippen LogP contribution in [0.3, 0.4) is 0 Å². The smallest absolute Gasteiger partial charge is 0.0765 e. The molecule has 0 atom stereocenters. The van der Waals surface area contributed by atoms with Crippen LogP contribution in [0.5, 0.6) is 0 Å². The topological polar surface area (TPSA) is 312 Å². The van der Waals surface area contributed by atoms with Crippen LogP contribution in [-0.4, -0.2) is 0 Å². The molecule has 0 saturated heterocycles. The molecule has 0 bridgehead atoms. The first kappa shape index (κ1) is 37.0. The Hall–Kier alpha value is -3.98. The molecule has 0 unspecified atom stereocenters. The van der Waals surface area contributed by atoms with Crippen molar-refractivity contribution in [1.29, 1.82) is 0 Å². The van der Waals surface area contributed by atoms with Crippen LogP contribution in [0.4, 0.5) is 68.2 Å². The van der Waals surface area contributed by atoms with Crippen LogP contribution in [0, 0.1) is 0 Å². The van der Waals surface area contributed by atoms with E-state index in [1.165, 1.54) is 0 Å². The van der Waals surface area contributed by atoms with Crippen molar-refractivity contribution in [2.75, 3.05) is 68.8 Å². The van der Waals surface area contributed by atoms with Crippen molar-refractivity contribution in [2.45, 2.75) is 19.6 Å². The zero-order valence-electron chi connectivity index (χ0n) is 21.6. The van der Waals surface area contributed by atoms with Gasteiger partial charge in [-0.25, -0.2) is 0 Å². The van der Waals surface area contributed by atoms with Crippen molar-refractivity contribution in [3.8, 4) is 0 Å². The van der Waals surface area contributed by atoms with Crippen molar-refractivity contribution >= 4 is 119 Å². The Balaban J connectivity index is 0.000000516. The van der Waals surface area contributed by atoms with E-state index in [0.29, 0.717) is 87.8 Å². The van der Waals surface area contributed by atoms with E-state index in [1.54, 1.807) is 48.5 Å². The molecule has 0 saturated carbocycles. The minimum Gasteiger partial charge on any atom is -0.778 e. The maximum absolute atomic E-state index is 5.47. The van der Waals surface area contributed by atoms with E-state index >= 15 is 0 Å². The van der Waals surface area contributed by atoms with Gasteiger partial charge in [0.05, 0.1) is 45.5 Å². The molecule has 41 heavy (non-hydrogen) atoms. The van der Waals surface area contributed by atoms with Crippen molar-refractivity contribution in [1.82, 2.24) is 0 Å². The second kappa shape index (κ2) is 16.3. The van der Waals surface area contributed by atoms with Crippen LogP contribution in [-0.2, 0) is 70.9 Å². The summed E-state index contributed by atoms with van der Waals surface area (Å²) in [7, 11) is 0. The van der Waals surface area contributed by atoms with Gasteiger partial charge in [0.25, 0.3) is 0 Å². The molecule has 12 nitrogen and oxygen atoms in total. The molecule has 0 fully saturated rings. The number of nitrogens with two attached hydrogens (primary N) is 12. The fourth-order valence-electron chi connectivity index (χ4n) is 2.53. The van der Waals surface area contributed by atoms with E-state index in [-0.39, 0.29) is 20.4 Å². The van der Waals surface area contributed by atoms with Crippen LogP contribution in [0.2, 0.25) is 0 Å². The Bertz CT molecular complexity index is 1160. The summed E-state index contributed by atoms with van der Waals surface area (Å²) in [6, 6.07) is 13.2. The Morgan fingerprint density at radius 3 is 0.537 bits per heavy atom. The molecule has 0 spiro atoms. The number of hydrogen-bond donors (Lipinski definition) is 12. The zero-order valence-corrected chi connectivity index (χ0v) is 27.5. The standard InChI is InChI=1S/4C6H9N3S.Re/c4*7-3-1-2-4(10)6(9)5(3)8;/h4*1-2,10H,7-9H2;/p-4. The molecule has 0 aliphatic rings. The Morgan fingerprint density at radius 1 is 0.268 bits per heavy atom. The summed E-state index contributed by atoms with van der Waals surface area (Å²) in [6.07, 6.45) is 0. The SMILES string of the molecule is Nc1ccc([S-])c(N)c1N.Nc1ccc([S-])c(N)c1N.Nc1ccc([S-])c(N)c1N.Nc1ccc([S-])c(N)c1N.[Re]. The molecular formula is C24H32N12ReS4-4. The first-order valence-corrected chi connectivity index (χ1v) is 12.6. The minimum atomic E-state index is 0. The van der Waals surface area contributed by atoms with Crippen molar-refractivity contribution < 1.29 is 20.4 Å². The van der Waals surface area contributed by atoms with Crippen LogP contribution in [0.1, 0.15) is 0 Å². The van der Waals surface area contributed by atoms with Gasteiger partial charge in [-0.05, 0) is 24.3 Å². The van der Waals surface area contributed by atoms with Gasteiger partial charge in [0.15, 0.2) is 0 Å². The maximum Gasteiger partial charge on any atom is 0.0765 e. The van der Waals surface area contributed by atoms with Gasteiger partial charge in [-0.2, -0.15) is 0 Å². The first-order chi connectivity index (χ1) is 18.5. The summed E-state index contributed by atoms with van der Waals surface area (Å²) < 4.78 is 0. The number of benzene rings is 4. The number of anilines is 12. The molecule has 4 aromatic carbocycles. The average molecular weight is 803 g/mol. The fourth-order valence-corrected chi connectivity index (χ4v) is 3.25. The fraction of sp³-hybridized carbons (Fsp3) is 0. The number of rotatable bonds is 0. The summed E-state index contributed by atoms with van der Waals surface area (Å²) in [5.41, 5.74) is 70.5. The van der Waals surface area contributed by atoms with Crippen LogP contribution in [0.25, 0.3) is 0 Å². The quantitative estimate of drug-likeness (QED) is 0.0882. The van der Waals surface area contributed by atoms with Gasteiger partial charge in [0, 0.05) is 43.2 Å². The molecule has 0 heterocycles.